The molecule has 0 unspecified atom stereocenters. The molecule has 0 radical (unpaired) electrons. The Balaban J connectivity index is 3.33. The number of nitrogens with zero attached hydrogens (tertiary/aromatic N) is 1. The number of aromatic hydroxyl groups is 2. The summed E-state index contributed by atoms with van der Waals surface area (Å²) in [7, 11) is 0. The van der Waals surface area contributed by atoms with Crippen molar-refractivity contribution in [1.29, 1.82) is 0 Å². The van der Waals surface area contributed by atoms with Gasteiger partial charge >= 0.3 is 0 Å². The van der Waals surface area contributed by atoms with Crippen molar-refractivity contribution < 1.29 is 19.4 Å². The summed E-state index contributed by atoms with van der Waals surface area (Å²) in [6.45, 7) is 0. The van der Waals surface area contributed by atoms with Gasteiger partial charge in [-0.05, 0) is 6.07 Å². The van der Waals surface area contributed by atoms with E-state index in [2.05, 4.69) is 4.98 Å². The first-order chi connectivity index (χ1) is 5.52. The molecule has 0 atom stereocenters. The number of amides is 1. The van der Waals surface area contributed by atoms with Crippen LogP contribution in [0.3, 0.4) is 0 Å². The summed E-state index contributed by atoms with van der Waals surface area (Å²) in [5.41, 5.74) is 4.28. The Morgan fingerprint density at radius 1 is 1.50 bits per heavy atom. The van der Waals surface area contributed by atoms with Gasteiger partial charge in [0.1, 0.15) is 5.56 Å². The maximum atomic E-state index is 12.5. The van der Waals surface area contributed by atoms with Crippen molar-refractivity contribution in [2.45, 2.75) is 0 Å². The van der Waals surface area contributed by atoms with Gasteiger partial charge in [0.05, 0.1) is 0 Å². The van der Waals surface area contributed by atoms with Crippen LogP contribution in [0.15, 0.2) is 6.07 Å². The molecule has 1 aromatic rings. The standard InChI is InChI=1S/C6H5FN2O3/c7-3-1-2(4(8)10)5(11)9-6(3)12/h1H,(H2,8,10)(H2,9,11,12). The zero-order valence-corrected chi connectivity index (χ0v) is 5.78. The fourth-order valence-corrected chi connectivity index (χ4v) is 0.651. The van der Waals surface area contributed by atoms with Crippen molar-refractivity contribution in [2.75, 3.05) is 0 Å². The third-order valence-corrected chi connectivity index (χ3v) is 1.20. The minimum absolute atomic E-state index is 0.467. The van der Waals surface area contributed by atoms with Crippen LogP contribution in [0.25, 0.3) is 0 Å². The molecule has 64 valence electrons. The summed E-state index contributed by atoms with van der Waals surface area (Å²) < 4.78 is 12.5. The zero-order valence-electron chi connectivity index (χ0n) is 5.78. The minimum Gasteiger partial charge on any atom is -0.493 e. The van der Waals surface area contributed by atoms with Gasteiger partial charge < -0.3 is 15.9 Å². The fraction of sp³-hybridized carbons (Fsp3) is 0. The van der Waals surface area contributed by atoms with Crippen LogP contribution in [0, 0.1) is 5.82 Å². The summed E-state index contributed by atoms with van der Waals surface area (Å²) in [6, 6.07) is 0.611. The average molecular weight is 172 g/mol. The van der Waals surface area contributed by atoms with E-state index >= 15 is 0 Å². The zero-order chi connectivity index (χ0) is 9.30. The molecular weight excluding hydrogens is 167 g/mol. The number of rotatable bonds is 1. The van der Waals surface area contributed by atoms with Gasteiger partial charge in [0.25, 0.3) is 11.8 Å². The number of pyridine rings is 1. The van der Waals surface area contributed by atoms with Crippen molar-refractivity contribution in [3.63, 3.8) is 0 Å². The number of hydrogen-bond acceptors (Lipinski definition) is 4. The van der Waals surface area contributed by atoms with Crippen LogP contribution in [0.1, 0.15) is 10.4 Å². The Morgan fingerprint density at radius 3 is 2.58 bits per heavy atom. The van der Waals surface area contributed by atoms with Crippen LogP contribution in [0.5, 0.6) is 11.8 Å². The molecule has 1 amide bonds. The third-order valence-electron chi connectivity index (χ3n) is 1.20. The first kappa shape index (κ1) is 8.25. The van der Waals surface area contributed by atoms with Gasteiger partial charge in [-0.2, -0.15) is 4.98 Å². The quantitative estimate of drug-likeness (QED) is 0.543. The van der Waals surface area contributed by atoms with Crippen molar-refractivity contribution in [1.82, 2.24) is 4.98 Å². The molecule has 1 rings (SSSR count). The number of halogens is 1. The van der Waals surface area contributed by atoms with Crippen molar-refractivity contribution >= 4 is 5.91 Å². The number of primary amides is 1. The number of nitrogens with two attached hydrogens (primary N) is 1. The minimum atomic E-state index is -1.11. The molecule has 0 aliphatic rings. The highest BCUT2D eigenvalue weighted by molar-refractivity contribution is 5.94. The molecule has 1 heterocycles. The highest BCUT2D eigenvalue weighted by Crippen LogP contribution is 2.20. The lowest BCUT2D eigenvalue weighted by Gasteiger charge is -1.99. The molecule has 0 bridgehead atoms. The third kappa shape index (κ3) is 1.26. The lowest BCUT2D eigenvalue weighted by atomic mass is 10.2. The smallest absolute Gasteiger partial charge is 0.254 e. The summed E-state index contributed by atoms with van der Waals surface area (Å²) in [5, 5.41) is 17.5. The van der Waals surface area contributed by atoms with E-state index in [4.69, 9.17) is 15.9 Å². The van der Waals surface area contributed by atoms with E-state index in [1.807, 2.05) is 0 Å². The van der Waals surface area contributed by atoms with Crippen LogP contribution in [0.4, 0.5) is 4.39 Å². The first-order valence-electron chi connectivity index (χ1n) is 2.90. The SMILES string of the molecule is NC(=O)c1cc(F)c(O)nc1O. The van der Waals surface area contributed by atoms with Crippen molar-refractivity contribution in [3.05, 3.63) is 17.4 Å². The molecule has 0 saturated heterocycles. The van der Waals surface area contributed by atoms with Crippen LogP contribution in [-0.2, 0) is 0 Å². The average Bonchev–Trinajstić information content (AvgIpc) is 1.96. The molecule has 0 aromatic carbocycles. The number of aromatic nitrogens is 1. The molecule has 0 aliphatic carbocycles. The lowest BCUT2D eigenvalue weighted by Crippen LogP contribution is -2.12. The van der Waals surface area contributed by atoms with Gasteiger partial charge in [0.15, 0.2) is 5.82 Å². The molecule has 0 spiro atoms. The fourth-order valence-electron chi connectivity index (χ4n) is 0.651. The van der Waals surface area contributed by atoms with Crippen LogP contribution >= 0.6 is 0 Å². The van der Waals surface area contributed by atoms with Crippen molar-refractivity contribution in [2.24, 2.45) is 5.73 Å². The van der Waals surface area contributed by atoms with Gasteiger partial charge in [-0.15, -0.1) is 0 Å². The highest BCUT2D eigenvalue weighted by Gasteiger charge is 2.13. The topological polar surface area (TPSA) is 96.4 Å². The number of carbonyl (C=O) groups is 1. The molecule has 1 aromatic heterocycles. The van der Waals surface area contributed by atoms with Crippen LogP contribution in [-0.4, -0.2) is 21.1 Å². The van der Waals surface area contributed by atoms with Crippen molar-refractivity contribution in [3.8, 4) is 11.8 Å². The molecule has 5 nitrogen and oxygen atoms in total. The van der Waals surface area contributed by atoms with Gasteiger partial charge in [-0.3, -0.25) is 4.79 Å². The largest absolute Gasteiger partial charge is 0.493 e. The van der Waals surface area contributed by atoms with E-state index in [0.29, 0.717) is 6.07 Å². The predicted octanol–water partition coefficient (Wildman–Crippen LogP) is -0.269. The Labute approximate surface area is 66.3 Å². The van der Waals surface area contributed by atoms with E-state index < -0.39 is 29.0 Å². The predicted molar refractivity (Wildman–Crippen MR) is 36.0 cm³/mol. The lowest BCUT2D eigenvalue weighted by molar-refractivity contribution is 0.0996. The first-order valence-corrected chi connectivity index (χ1v) is 2.90. The molecule has 4 N–H and O–H groups in total. The maximum Gasteiger partial charge on any atom is 0.254 e. The van der Waals surface area contributed by atoms with Gasteiger partial charge in [0.2, 0.25) is 5.88 Å². The van der Waals surface area contributed by atoms with Gasteiger partial charge in [-0.1, -0.05) is 0 Å². The monoisotopic (exact) mass is 172 g/mol. The van der Waals surface area contributed by atoms with E-state index in [1.54, 1.807) is 0 Å². The molecule has 6 heteroatoms. The number of hydrogen-bond donors (Lipinski definition) is 3. The Hall–Kier alpha value is -1.85. The Bertz CT molecular complexity index is 340. The molecule has 0 fully saturated rings. The van der Waals surface area contributed by atoms with E-state index in [0.717, 1.165) is 0 Å². The normalized spacial score (nSPS) is 9.75. The molecule has 12 heavy (non-hydrogen) atoms. The second kappa shape index (κ2) is 2.65. The summed E-state index contributed by atoms with van der Waals surface area (Å²) in [5.74, 6) is -3.89. The number of carbonyl (C=O) groups excluding carboxylic acids is 1. The van der Waals surface area contributed by atoms with E-state index in [9.17, 15) is 9.18 Å². The molecular formula is C6H5FN2O3. The second-order valence-corrected chi connectivity index (χ2v) is 2.03. The Morgan fingerprint density at radius 2 is 2.08 bits per heavy atom. The van der Waals surface area contributed by atoms with Crippen LogP contribution < -0.4 is 5.73 Å². The Kier molecular flexibility index (Phi) is 1.82. The summed E-state index contributed by atoms with van der Waals surface area (Å²) in [6.07, 6.45) is 0. The molecule has 0 aliphatic heterocycles. The van der Waals surface area contributed by atoms with Crippen LogP contribution in [0.2, 0.25) is 0 Å². The summed E-state index contributed by atoms with van der Waals surface area (Å²) in [4.78, 5) is 13.4. The van der Waals surface area contributed by atoms with E-state index in [-0.39, 0.29) is 0 Å². The highest BCUT2D eigenvalue weighted by atomic mass is 19.1. The summed E-state index contributed by atoms with van der Waals surface area (Å²) >= 11 is 0. The van der Waals surface area contributed by atoms with Gasteiger partial charge in [-0.25, -0.2) is 4.39 Å². The molecule has 0 saturated carbocycles. The maximum absolute atomic E-state index is 12.5. The van der Waals surface area contributed by atoms with Gasteiger partial charge in [0, 0.05) is 0 Å². The van der Waals surface area contributed by atoms with E-state index in [1.165, 1.54) is 0 Å². The second-order valence-electron chi connectivity index (χ2n) is 2.03.